The summed E-state index contributed by atoms with van der Waals surface area (Å²) < 4.78 is 4.14. The molecule has 0 aromatic carbocycles. The zero-order valence-corrected chi connectivity index (χ0v) is 5.50. The van der Waals surface area contributed by atoms with E-state index in [-0.39, 0.29) is 0 Å². The van der Waals surface area contributed by atoms with Gasteiger partial charge in [-0.1, -0.05) is 5.92 Å². The lowest BCUT2D eigenvalue weighted by molar-refractivity contribution is -0.133. The molecule has 2 N–H and O–H groups in total. The van der Waals surface area contributed by atoms with Gasteiger partial charge in [0.2, 0.25) is 0 Å². The van der Waals surface area contributed by atoms with Crippen LogP contribution in [0.15, 0.2) is 0 Å². The summed E-state index contributed by atoms with van der Waals surface area (Å²) in [5.74, 6) is 3.30. The third-order valence-electron chi connectivity index (χ3n) is 0.699. The predicted molar refractivity (Wildman–Crippen MR) is 32.9 cm³/mol. The summed E-state index contributed by atoms with van der Waals surface area (Å²) in [5, 5.41) is 16.8. The second-order valence-electron chi connectivity index (χ2n) is 1.46. The van der Waals surface area contributed by atoms with Gasteiger partial charge in [-0.25, -0.2) is 4.79 Å². The molecule has 0 aromatic heterocycles. The Labute approximate surface area is 58.4 Å². The fourth-order valence-corrected chi connectivity index (χ4v) is 0.239. The first-order valence-electron chi connectivity index (χ1n) is 2.59. The lowest BCUT2D eigenvalue weighted by atomic mass is 10.4. The minimum absolute atomic E-state index is 0.482. The maximum absolute atomic E-state index is 10.2. The number of ether oxygens (including phenoxy) is 1. The van der Waals surface area contributed by atoms with E-state index in [0.29, 0.717) is 0 Å². The standard InChI is InChI=1S/C6H8O4/c1-10-6(9)3-2-5(8)4-7/h5,7-8H,4H2,1H3/t5-/m0/s1. The van der Waals surface area contributed by atoms with Gasteiger partial charge in [0, 0.05) is 5.92 Å². The number of aliphatic hydroxyl groups is 2. The Bertz CT molecular complexity index is 164. The summed E-state index contributed by atoms with van der Waals surface area (Å²) in [6.07, 6.45) is -1.17. The molecule has 0 unspecified atom stereocenters. The highest BCUT2D eigenvalue weighted by Gasteiger charge is 1.95. The number of hydrogen-bond acceptors (Lipinski definition) is 4. The molecule has 56 valence electrons. The highest BCUT2D eigenvalue weighted by Crippen LogP contribution is 1.75. The first-order valence-corrected chi connectivity index (χ1v) is 2.59. The highest BCUT2D eigenvalue weighted by molar-refractivity contribution is 5.88. The number of carbonyl (C=O) groups is 1. The van der Waals surface area contributed by atoms with Gasteiger partial charge in [0.15, 0.2) is 0 Å². The fraction of sp³-hybridized carbons (Fsp3) is 0.500. The summed E-state index contributed by atoms with van der Waals surface area (Å²) in [5.41, 5.74) is 0. The van der Waals surface area contributed by atoms with Gasteiger partial charge in [-0.2, -0.15) is 0 Å². The van der Waals surface area contributed by atoms with Crippen LogP contribution in [0.2, 0.25) is 0 Å². The largest absolute Gasteiger partial charge is 0.459 e. The molecule has 4 heteroatoms. The molecule has 0 aliphatic carbocycles. The highest BCUT2D eigenvalue weighted by atomic mass is 16.5. The van der Waals surface area contributed by atoms with Crippen molar-refractivity contribution in [2.75, 3.05) is 13.7 Å². The number of aliphatic hydroxyl groups excluding tert-OH is 2. The van der Waals surface area contributed by atoms with Crippen LogP contribution in [0.1, 0.15) is 0 Å². The van der Waals surface area contributed by atoms with E-state index in [2.05, 4.69) is 10.7 Å². The molecule has 0 aliphatic rings. The van der Waals surface area contributed by atoms with Crippen LogP contribution in [0.4, 0.5) is 0 Å². The number of esters is 1. The molecule has 0 fully saturated rings. The van der Waals surface area contributed by atoms with Crippen molar-refractivity contribution >= 4 is 5.97 Å². The molecule has 1 atom stereocenters. The molecule has 0 amide bonds. The van der Waals surface area contributed by atoms with Crippen LogP contribution in [0.25, 0.3) is 0 Å². The topological polar surface area (TPSA) is 66.8 Å². The number of carbonyl (C=O) groups excluding carboxylic acids is 1. The van der Waals surface area contributed by atoms with Crippen LogP contribution in [0.3, 0.4) is 0 Å². The third-order valence-corrected chi connectivity index (χ3v) is 0.699. The Morgan fingerprint density at radius 3 is 2.80 bits per heavy atom. The van der Waals surface area contributed by atoms with E-state index in [1.165, 1.54) is 7.11 Å². The smallest absolute Gasteiger partial charge is 0.384 e. The van der Waals surface area contributed by atoms with Crippen molar-refractivity contribution in [2.24, 2.45) is 0 Å². The van der Waals surface area contributed by atoms with E-state index in [1.54, 1.807) is 0 Å². The van der Waals surface area contributed by atoms with Crippen LogP contribution >= 0.6 is 0 Å². The van der Waals surface area contributed by atoms with Crippen LogP contribution in [-0.4, -0.2) is 36.0 Å². The summed E-state index contributed by atoms with van der Waals surface area (Å²) in [6, 6.07) is 0. The van der Waals surface area contributed by atoms with Gasteiger partial charge >= 0.3 is 5.97 Å². The lowest BCUT2D eigenvalue weighted by Crippen LogP contribution is -2.09. The summed E-state index contributed by atoms with van der Waals surface area (Å²) >= 11 is 0. The molecule has 0 aromatic rings. The average Bonchev–Trinajstić information content (AvgIpc) is 1.99. The molecule has 0 rings (SSSR count). The normalized spacial score (nSPS) is 11.1. The van der Waals surface area contributed by atoms with Crippen molar-refractivity contribution in [1.82, 2.24) is 0 Å². The Morgan fingerprint density at radius 1 is 1.80 bits per heavy atom. The zero-order chi connectivity index (χ0) is 7.98. The van der Waals surface area contributed by atoms with Crippen LogP contribution < -0.4 is 0 Å². The first kappa shape index (κ1) is 8.95. The minimum Gasteiger partial charge on any atom is -0.459 e. The maximum Gasteiger partial charge on any atom is 0.384 e. The van der Waals surface area contributed by atoms with Gasteiger partial charge in [0.1, 0.15) is 6.10 Å². The van der Waals surface area contributed by atoms with Gasteiger partial charge < -0.3 is 14.9 Å². The van der Waals surface area contributed by atoms with Crippen LogP contribution in [-0.2, 0) is 9.53 Å². The van der Waals surface area contributed by atoms with Crippen molar-refractivity contribution in [3.63, 3.8) is 0 Å². The van der Waals surface area contributed by atoms with Crippen molar-refractivity contribution in [3.05, 3.63) is 0 Å². The van der Waals surface area contributed by atoms with Gasteiger partial charge in [0.25, 0.3) is 0 Å². The van der Waals surface area contributed by atoms with Crippen LogP contribution in [0, 0.1) is 11.8 Å². The van der Waals surface area contributed by atoms with Gasteiger partial charge in [0.05, 0.1) is 13.7 Å². The Morgan fingerprint density at radius 2 is 2.40 bits per heavy atom. The van der Waals surface area contributed by atoms with E-state index in [1.807, 2.05) is 5.92 Å². The SMILES string of the molecule is COC(=O)C#C[C@H](O)CO. The Hall–Kier alpha value is -1.05. The van der Waals surface area contributed by atoms with E-state index in [0.717, 1.165) is 0 Å². The molecule has 0 saturated heterocycles. The monoisotopic (exact) mass is 144 g/mol. The van der Waals surface area contributed by atoms with E-state index in [9.17, 15) is 4.79 Å². The molecule has 0 spiro atoms. The first-order chi connectivity index (χ1) is 4.70. The molecule has 0 radical (unpaired) electrons. The number of hydrogen-bond donors (Lipinski definition) is 2. The maximum atomic E-state index is 10.2. The van der Waals surface area contributed by atoms with Crippen molar-refractivity contribution < 1.29 is 19.7 Å². The second-order valence-corrected chi connectivity index (χ2v) is 1.46. The van der Waals surface area contributed by atoms with Crippen molar-refractivity contribution in [2.45, 2.75) is 6.10 Å². The summed E-state index contributed by atoms with van der Waals surface area (Å²) in [7, 11) is 1.18. The van der Waals surface area contributed by atoms with Crippen molar-refractivity contribution in [1.29, 1.82) is 0 Å². The lowest BCUT2D eigenvalue weighted by Gasteiger charge is -1.92. The number of rotatable bonds is 1. The molecule has 0 heterocycles. The van der Waals surface area contributed by atoms with Crippen molar-refractivity contribution in [3.8, 4) is 11.8 Å². The summed E-state index contributed by atoms with van der Waals surface area (Å²) in [4.78, 5) is 10.2. The molecule has 0 aliphatic heterocycles. The summed E-state index contributed by atoms with van der Waals surface area (Å²) in [6.45, 7) is -0.482. The molecular formula is C6H8O4. The van der Waals surface area contributed by atoms with Gasteiger partial charge in [-0.3, -0.25) is 0 Å². The quantitative estimate of drug-likeness (QED) is 0.267. The fourth-order valence-electron chi connectivity index (χ4n) is 0.239. The number of methoxy groups -OCH3 is 1. The molecule has 0 bridgehead atoms. The minimum atomic E-state index is -1.17. The average molecular weight is 144 g/mol. The van der Waals surface area contributed by atoms with E-state index < -0.39 is 18.7 Å². The Kier molecular flexibility index (Phi) is 4.29. The molecule has 4 nitrogen and oxygen atoms in total. The van der Waals surface area contributed by atoms with Gasteiger partial charge in [-0.05, 0) is 0 Å². The van der Waals surface area contributed by atoms with Crippen LogP contribution in [0.5, 0.6) is 0 Å². The predicted octanol–water partition coefficient (Wildman–Crippen LogP) is -1.48. The second kappa shape index (κ2) is 4.79. The third kappa shape index (κ3) is 3.89. The van der Waals surface area contributed by atoms with E-state index >= 15 is 0 Å². The molecular weight excluding hydrogens is 136 g/mol. The zero-order valence-electron chi connectivity index (χ0n) is 5.50. The molecule has 0 saturated carbocycles. The Balaban J connectivity index is 3.78. The van der Waals surface area contributed by atoms with Gasteiger partial charge in [-0.15, -0.1) is 0 Å². The molecule has 10 heavy (non-hydrogen) atoms. The van der Waals surface area contributed by atoms with E-state index in [4.69, 9.17) is 10.2 Å².